The Morgan fingerprint density at radius 3 is 2.61 bits per heavy atom. The number of amides is 1. The van der Waals surface area contributed by atoms with Gasteiger partial charge in [-0.05, 0) is 43.9 Å². The maximum absolute atomic E-state index is 11.9. The fraction of sp³-hybridized carbons (Fsp3) is 0.474. The molecule has 1 saturated carbocycles. The van der Waals surface area contributed by atoms with Crippen molar-refractivity contribution in [3.8, 4) is 18.4 Å². The standard InChI is InChI=1S/C17H19N3O.C2H6/c1-3-14-9-16(8-7-15(14)10-18)20(11-13-5-6-13)12-17(21)19-4-2;1-2/h1,7-9,13H,4-6,11-12H2,2H3,(H,19,21);1-2H3. The monoisotopic (exact) mass is 311 g/mol. The van der Waals surface area contributed by atoms with E-state index < -0.39 is 0 Å². The van der Waals surface area contributed by atoms with E-state index in [0.717, 1.165) is 12.2 Å². The minimum Gasteiger partial charge on any atom is -0.362 e. The van der Waals surface area contributed by atoms with Crippen LogP contribution in [0, 0.1) is 29.6 Å². The highest BCUT2D eigenvalue weighted by atomic mass is 16.2. The number of hydrogen-bond donors (Lipinski definition) is 1. The maximum Gasteiger partial charge on any atom is 0.239 e. The SMILES string of the molecule is C#Cc1cc(N(CC(=O)NCC)CC2CC2)ccc1C#N.CC. The zero-order chi connectivity index (χ0) is 17.2. The minimum absolute atomic E-state index is 0.00441. The molecule has 0 spiro atoms. The Kier molecular flexibility index (Phi) is 7.71. The zero-order valence-electron chi connectivity index (χ0n) is 14.2. The lowest BCUT2D eigenvalue weighted by Gasteiger charge is -2.24. The van der Waals surface area contributed by atoms with Crippen LogP contribution in [0.15, 0.2) is 18.2 Å². The Morgan fingerprint density at radius 1 is 1.39 bits per heavy atom. The lowest BCUT2D eigenvalue weighted by Crippen LogP contribution is -2.38. The Morgan fingerprint density at radius 2 is 2.09 bits per heavy atom. The first kappa shape index (κ1) is 18.6. The number of nitrogens with zero attached hydrogens (tertiary/aromatic N) is 2. The second kappa shape index (κ2) is 9.54. The van der Waals surface area contributed by atoms with Gasteiger partial charge in [0.25, 0.3) is 0 Å². The molecule has 0 aliphatic heterocycles. The summed E-state index contributed by atoms with van der Waals surface area (Å²) in [4.78, 5) is 13.9. The van der Waals surface area contributed by atoms with Crippen LogP contribution >= 0.6 is 0 Å². The molecule has 0 heterocycles. The molecule has 4 heteroatoms. The van der Waals surface area contributed by atoms with Crippen LogP contribution in [-0.4, -0.2) is 25.5 Å². The van der Waals surface area contributed by atoms with E-state index in [9.17, 15) is 4.79 Å². The van der Waals surface area contributed by atoms with Crippen LogP contribution < -0.4 is 10.2 Å². The average Bonchev–Trinajstić information content (AvgIpc) is 3.39. The normalized spacial score (nSPS) is 12.2. The van der Waals surface area contributed by atoms with Gasteiger partial charge in [-0.2, -0.15) is 5.26 Å². The molecule has 122 valence electrons. The van der Waals surface area contributed by atoms with Crippen molar-refractivity contribution in [1.82, 2.24) is 5.32 Å². The number of rotatable bonds is 6. The van der Waals surface area contributed by atoms with Gasteiger partial charge in [-0.1, -0.05) is 19.8 Å². The summed E-state index contributed by atoms with van der Waals surface area (Å²) >= 11 is 0. The molecule has 0 bridgehead atoms. The summed E-state index contributed by atoms with van der Waals surface area (Å²) in [5.74, 6) is 3.20. The number of anilines is 1. The molecule has 1 aliphatic rings. The number of terminal acetylenes is 1. The third-order valence-electron chi connectivity index (χ3n) is 3.53. The molecule has 1 amide bonds. The van der Waals surface area contributed by atoms with E-state index in [-0.39, 0.29) is 5.91 Å². The molecular formula is C19H25N3O. The number of carbonyl (C=O) groups is 1. The zero-order valence-corrected chi connectivity index (χ0v) is 14.2. The van der Waals surface area contributed by atoms with E-state index in [1.807, 2.05) is 37.8 Å². The highest BCUT2D eigenvalue weighted by Crippen LogP contribution is 2.31. The molecule has 1 aliphatic carbocycles. The molecular weight excluding hydrogens is 286 g/mol. The fourth-order valence-corrected chi connectivity index (χ4v) is 2.25. The van der Waals surface area contributed by atoms with Crippen molar-refractivity contribution >= 4 is 11.6 Å². The first-order valence-electron chi connectivity index (χ1n) is 8.20. The number of likely N-dealkylation sites (N-methyl/N-ethyl adjacent to an activating group) is 1. The second-order valence-corrected chi connectivity index (χ2v) is 5.26. The van der Waals surface area contributed by atoms with Crippen LogP contribution in [-0.2, 0) is 4.79 Å². The van der Waals surface area contributed by atoms with Crippen molar-refractivity contribution in [2.75, 3.05) is 24.5 Å². The third kappa shape index (κ3) is 5.68. The van der Waals surface area contributed by atoms with E-state index in [1.165, 1.54) is 12.8 Å². The van der Waals surface area contributed by atoms with E-state index in [2.05, 4.69) is 17.3 Å². The molecule has 1 N–H and O–H groups in total. The first-order chi connectivity index (χ1) is 11.2. The van der Waals surface area contributed by atoms with Gasteiger partial charge in [0.05, 0.1) is 12.1 Å². The average molecular weight is 311 g/mol. The molecule has 0 saturated heterocycles. The molecule has 0 radical (unpaired) electrons. The van der Waals surface area contributed by atoms with Gasteiger partial charge in [0, 0.05) is 24.3 Å². The quantitative estimate of drug-likeness (QED) is 0.822. The molecule has 1 aromatic rings. The van der Waals surface area contributed by atoms with E-state index in [0.29, 0.717) is 30.1 Å². The van der Waals surface area contributed by atoms with Crippen LogP contribution in [0.2, 0.25) is 0 Å². The Hall–Kier alpha value is -2.46. The fourth-order valence-electron chi connectivity index (χ4n) is 2.25. The lowest BCUT2D eigenvalue weighted by molar-refractivity contribution is -0.119. The number of benzene rings is 1. The van der Waals surface area contributed by atoms with Gasteiger partial charge in [0.2, 0.25) is 5.91 Å². The van der Waals surface area contributed by atoms with Crippen molar-refractivity contribution < 1.29 is 4.79 Å². The predicted octanol–water partition coefficient (Wildman–Crippen LogP) is 2.92. The molecule has 0 atom stereocenters. The number of carbonyl (C=O) groups excluding carboxylic acids is 1. The van der Waals surface area contributed by atoms with Crippen molar-refractivity contribution in [1.29, 1.82) is 5.26 Å². The van der Waals surface area contributed by atoms with E-state index in [4.69, 9.17) is 11.7 Å². The number of nitrogens with one attached hydrogen (secondary N) is 1. The number of nitriles is 1. The summed E-state index contributed by atoms with van der Waals surface area (Å²) in [7, 11) is 0. The largest absolute Gasteiger partial charge is 0.362 e. The molecule has 0 aromatic heterocycles. The summed E-state index contributed by atoms with van der Waals surface area (Å²) in [5, 5.41) is 11.8. The molecule has 4 nitrogen and oxygen atoms in total. The van der Waals surface area contributed by atoms with Gasteiger partial charge < -0.3 is 10.2 Å². The van der Waals surface area contributed by atoms with Crippen LogP contribution in [0.5, 0.6) is 0 Å². The van der Waals surface area contributed by atoms with Gasteiger partial charge in [-0.25, -0.2) is 0 Å². The minimum atomic E-state index is 0.00441. The first-order valence-corrected chi connectivity index (χ1v) is 8.20. The molecule has 1 fully saturated rings. The van der Waals surface area contributed by atoms with E-state index >= 15 is 0 Å². The van der Waals surface area contributed by atoms with Crippen LogP contribution in [0.1, 0.15) is 44.7 Å². The van der Waals surface area contributed by atoms with Crippen molar-refractivity contribution in [3.63, 3.8) is 0 Å². The van der Waals surface area contributed by atoms with Crippen molar-refractivity contribution in [2.24, 2.45) is 5.92 Å². The van der Waals surface area contributed by atoms with E-state index in [1.54, 1.807) is 6.07 Å². The third-order valence-corrected chi connectivity index (χ3v) is 3.53. The van der Waals surface area contributed by atoms with Crippen molar-refractivity contribution in [2.45, 2.75) is 33.6 Å². The Balaban J connectivity index is 0.00000127. The highest BCUT2D eigenvalue weighted by Gasteiger charge is 2.25. The van der Waals surface area contributed by atoms with Crippen LogP contribution in [0.4, 0.5) is 5.69 Å². The molecule has 23 heavy (non-hydrogen) atoms. The molecule has 2 rings (SSSR count). The van der Waals surface area contributed by atoms with Gasteiger partial charge in [-0.15, -0.1) is 6.42 Å². The van der Waals surface area contributed by atoms with Gasteiger partial charge in [0.15, 0.2) is 0 Å². The summed E-state index contributed by atoms with van der Waals surface area (Å²) in [6.07, 6.45) is 7.88. The second-order valence-electron chi connectivity index (χ2n) is 5.26. The van der Waals surface area contributed by atoms with Gasteiger partial charge in [0.1, 0.15) is 6.07 Å². The summed E-state index contributed by atoms with van der Waals surface area (Å²) in [6.45, 7) is 7.70. The molecule has 1 aromatic carbocycles. The summed E-state index contributed by atoms with van der Waals surface area (Å²) in [5.41, 5.74) is 1.97. The predicted molar refractivity (Wildman–Crippen MR) is 94.1 cm³/mol. The smallest absolute Gasteiger partial charge is 0.239 e. The van der Waals surface area contributed by atoms with Gasteiger partial charge in [-0.3, -0.25) is 4.79 Å². The Bertz CT molecular complexity index is 606. The topological polar surface area (TPSA) is 56.1 Å². The summed E-state index contributed by atoms with van der Waals surface area (Å²) < 4.78 is 0. The number of hydrogen-bond acceptors (Lipinski definition) is 3. The van der Waals surface area contributed by atoms with Crippen LogP contribution in [0.3, 0.4) is 0 Å². The van der Waals surface area contributed by atoms with Crippen LogP contribution in [0.25, 0.3) is 0 Å². The summed E-state index contributed by atoms with van der Waals surface area (Å²) in [6, 6.07) is 7.49. The molecule has 0 unspecified atom stereocenters. The van der Waals surface area contributed by atoms with Crippen molar-refractivity contribution in [3.05, 3.63) is 29.3 Å². The lowest BCUT2D eigenvalue weighted by atomic mass is 10.1. The Labute approximate surface area is 139 Å². The highest BCUT2D eigenvalue weighted by molar-refractivity contribution is 5.81. The maximum atomic E-state index is 11.9. The van der Waals surface area contributed by atoms with Gasteiger partial charge >= 0.3 is 0 Å².